The third kappa shape index (κ3) is 5.31. The minimum atomic E-state index is -0.508. The molecule has 0 unspecified atom stereocenters. The largest absolute Gasteiger partial charge is 0.504 e. The highest BCUT2D eigenvalue weighted by Crippen LogP contribution is 2.37. The van der Waals surface area contributed by atoms with E-state index in [9.17, 15) is 15.0 Å². The maximum atomic E-state index is 11.9. The number of aromatic hydroxyl groups is 2. The van der Waals surface area contributed by atoms with Crippen molar-refractivity contribution in [2.75, 3.05) is 27.9 Å². The Morgan fingerprint density at radius 1 is 0.963 bits per heavy atom. The molecule has 2 aromatic rings. The van der Waals surface area contributed by atoms with Crippen LogP contribution in [0, 0.1) is 0 Å². The summed E-state index contributed by atoms with van der Waals surface area (Å²) in [6.45, 7) is 0.180. The second-order valence-corrected chi connectivity index (χ2v) is 5.53. The predicted molar refractivity (Wildman–Crippen MR) is 99.6 cm³/mol. The molecule has 2 rings (SSSR count). The van der Waals surface area contributed by atoms with Crippen LogP contribution in [-0.2, 0) is 16.0 Å². The molecule has 7 heteroatoms. The van der Waals surface area contributed by atoms with Crippen molar-refractivity contribution in [2.45, 2.75) is 6.42 Å². The Hall–Kier alpha value is -3.35. The topological polar surface area (TPSA) is 94.5 Å². The predicted octanol–water partition coefficient (Wildman–Crippen LogP) is 2.92. The fraction of sp³-hybridized carbons (Fsp3) is 0.250. The van der Waals surface area contributed by atoms with Gasteiger partial charge in [-0.2, -0.15) is 0 Å². The van der Waals surface area contributed by atoms with Crippen LogP contribution in [0.2, 0.25) is 0 Å². The van der Waals surface area contributed by atoms with Crippen molar-refractivity contribution in [3.8, 4) is 28.7 Å². The van der Waals surface area contributed by atoms with E-state index in [1.807, 2.05) is 0 Å². The minimum absolute atomic E-state index is 0.0564. The molecule has 0 atom stereocenters. The van der Waals surface area contributed by atoms with Crippen LogP contribution in [0.1, 0.15) is 11.1 Å². The molecule has 0 spiro atoms. The molecular formula is C20H22O7. The van der Waals surface area contributed by atoms with Crippen molar-refractivity contribution in [2.24, 2.45) is 0 Å². The van der Waals surface area contributed by atoms with Crippen molar-refractivity contribution < 1.29 is 34.0 Å². The van der Waals surface area contributed by atoms with Gasteiger partial charge in [0.25, 0.3) is 0 Å². The lowest BCUT2D eigenvalue weighted by Crippen LogP contribution is -2.04. The minimum Gasteiger partial charge on any atom is -0.504 e. The number of hydrogen-bond donors (Lipinski definition) is 2. The lowest BCUT2D eigenvalue weighted by molar-refractivity contribution is -0.137. The molecule has 0 bridgehead atoms. The highest BCUT2D eigenvalue weighted by Gasteiger charge is 2.10. The summed E-state index contributed by atoms with van der Waals surface area (Å²) in [5.41, 5.74) is 1.48. The van der Waals surface area contributed by atoms with Gasteiger partial charge in [-0.25, -0.2) is 4.79 Å². The zero-order valence-electron chi connectivity index (χ0n) is 15.4. The molecule has 0 amide bonds. The van der Waals surface area contributed by atoms with Crippen molar-refractivity contribution in [1.29, 1.82) is 0 Å². The monoisotopic (exact) mass is 374 g/mol. The van der Waals surface area contributed by atoms with Crippen LogP contribution in [0.5, 0.6) is 28.7 Å². The first-order chi connectivity index (χ1) is 13.0. The second kappa shape index (κ2) is 9.38. The summed E-state index contributed by atoms with van der Waals surface area (Å²) < 4.78 is 20.3. The molecule has 0 radical (unpaired) electrons. The molecule has 0 saturated heterocycles. The Morgan fingerprint density at radius 2 is 1.59 bits per heavy atom. The fourth-order valence-electron chi connectivity index (χ4n) is 2.37. The lowest BCUT2D eigenvalue weighted by Gasteiger charge is -2.09. The highest BCUT2D eigenvalue weighted by molar-refractivity contribution is 5.87. The highest BCUT2D eigenvalue weighted by atomic mass is 16.5. The van der Waals surface area contributed by atoms with E-state index in [-0.39, 0.29) is 29.6 Å². The Kier molecular flexibility index (Phi) is 6.93. The maximum Gasteiger partial charge on any atom is 0.330 e. The quantitative estimate of drug-likeness (QED) is 0.542. The molecule has 2 aromatic carbocycles. The molecule has 0 aliphatic heterocycles. The average Bonchev–Trinajstić information content (AvgIpc) is 2.68. The van der Waals surface area contributed by atoms with E-state index in [0.717, 1.165) is 5.56 Å². The summed E-state index contributed by atoms with van der Waals surface area (Å²) in [5, 5.41) is 19.4. The molecule has 144 valence electrons. The van der Waals surface area contributed by atoms with E-state index in [0.29, 0.717) is 17.7 Å². The lowest BCUT2D eigenvalue weighted by atomic mass is 10.1. The van der Waals surface area contributed by atoms with Gasteiger partial charge in [0.1, 0.15) is 0 Å². The molecule has 0 saturated carbocycles. The standard InChI is InChI=1S/C20H22O7/c1-24-16-10-13(4-6-15(16)21)8-9-27-19(22)7-5-14-11-17(25-2)20(23)18(12-14)26-3/h4-7,10-12,21,23H,8-9H2,1-3H3/b7-5+. The number of phenols is 2. The smallest absolute Gasteiger partial charge is 0.330 e. The van der Waals surface area contributed by atoms with Gasteiger partial charge in [0.15, 0.2) is 23.0 Å². The van der Waals surface area contributed by atoms with E-state index in [4.69, 9.17) is 18.9 Å². The summed E-state index contributed by atoms with van der Waals surface area (Å²) in [7, 11) is 4.32. The van der Waals surface area contributed by atoms with E-state index < -0.39 is 5.97 Å². The summed E-state index contributed by atoms with van der Waals surface area (Å²) in [6, 6.07) is 8.10. The molecule has 0 aromatic heterocycles. The molecular weight excluding hydrogens is 352 g/mol. The Bertz CT molecular complexity index is 802. The van der Waals surface area contributed by atoms with Gasteiger partial charge in [-0.15, -0.1) is 0 Å². The first-order valence-corrected chi connectivity index (χ1v) is 8.14. The van der Waals surface area contributed by atoms with E-state index in [1.165, 1.54) is 39.5 Å². The van der Waals surface area contributed by atoms with Gasteiger partial charge in [0.05, 0.1) is 27.9 Å². The van der Waals surface area contributed by atoms with Crippen LogP contribution in [0.3, 0.4) is 0 Å². The van der Waals surface area contributed by atoms with Crippen LogP contribution in [0.15, 0.2) is 36.4 Å². The van der Waals surface area contributed by atoms with Crippen LogP contribution in [0.25, 0.3) is 6.08 Å². The van der Waals surface area contributed by atoms with Gasteiger partial charge in [0.2, 0.25) is 5.75 Å². The molecule has 0 heterocycles. The SMILES string of the molecule is COc1cc(CCOC(=O)/C=C/c2cc(OC)c(O)c(OC)c2)ccc1O. The number of benzene rings is 2. The van der Waals surface area contributed by atoms with E-state index >= 15 is 0 Å². The average molecular weight is 374 g/mol. The molecule has 0 aliphatic carbocycles. The third-order valence-electron chi connectivity index (χ3n) is 3.79. The first-order valence-electron chi connectivity index (χ1n) is 8.14. The molecule has 7 nitrogen and oxygen atoms in total. The van der Waals surface area contributed by atoms with E-state index in [1.54, 1.807) is 24.3 Å². The zero-order chi connectivity index (χ0) is 19.8. The number of methoxy groups -OCH3 is 3. The maximum absolute atomic E-state index is 11.9. The third-order valence-corrected chi connectivity index (χ3v) is 3.79. The van der Waals surface area contributed by atoms with Crippen molar-refractivity contribution in [3.63, 3.8) is 0 Å². The van der Waals surface area contributed by atoms with Crippen LogP contribution in [-0.4, -0.2) is 44.1 Å². The Labute approximate surface area is 157 Å². The van der Waals surface area contributed by atoms with Gasteiger partial charge in [-0.05, 0) is 41.5 Å². The second-order valence-electron chi connectivity index (χ2n) is 5.53. The van der Waals surface area contributed by atoms with Gasteiger partial charge in [-0.1, -0.05) is 6.07 Å². The number of ether oxygens (including phenoxy) is 4. The van der Waals surface area contributed by atoms with Crippen molar-refractivity contribution >= 4 is 12.0 Å². The van der Waals surface area contributed by atoms with Crippen LogP contribution in [0.4, 0.5) is 0 Å². The summed E-state index contributed by atoms with van der Waals surface area (Å²) in [6.07, 6.45) is 3.30. The number of carbonyl (C=O) groups excluding carboxylic acids is 1. The molecule has 0 aliphatic rings. The van der Waals surface area contributed by atoms with Gasteiger partial charge in [0, 0.05) is 12.5 Å². The van der Waals surface area contributed by atoms with Crippen LogP contribution >= 0.6 is 0 Å². The summed E-state index contributed by atoms with van der Waals surface area (Å²) >= 11 is 0. The number of rotatable bonds is 8. The zero-order valence-corrected chi connectivity index (χ0v) is 15.4. The van der Waals surface area contributed by atoms with Gasteiger partial charge < -0.3 is 29.2 Å². The summed E-state index contributed by atoms with van der Waals surface area (Å²) in [5.74, 6) is 0.290. The molecule has 2 N–H and O–H groups in total. The number of esters is 1. The van der Waals surface area contributed by atoms with Crippen molar-refractivity contribution in [3.05, 3.63) is 47.5 Å². The summed E-state index contributed by atoms with van der Waals surface area (Å²) in [4.78, 5) is 11.9. The molecule has 27 heavy (non-hydrogen) atoms. The van der Waals surface area contributed by atoms with Gasteiger partial charge in [-0.3, -0.25) is 0 Å². The Morgan fingerprint density at radius 3 is 2.19 bits per heavy atom. The number of hydrogen-bond acceptors (Lipinski definition) is 7. The van der Waals surface area contributed by atoms with Crippen molar-refractivity contribution in [1.82, 2.24) is 0 Å². The Balaban J connectivity index is 1.94. The van der Waals surface area contributed by atoms with Crippen LogP contribution < -0.4 is 14.2 Å². The van der Waals surface area contributed by atoms with Gasteiger partial charge >= 0.3 is 5.97 Å². The fourth-order valence-corrected chi connectivity index (χ4v) is 2.37. The van der Waals surface area contributed by atoms with E-state index in [2.05, 4.69) is 0 Å². The normalized spacial score (nSPS) is 10.6. The number of carbonyl (C=O) groups is 1. The number of phenolic OH excluding ortho intramolecular Hbond substituents is 2. The molecule has 0 fully saturated rings. The first kappa shape index (κ1) is 20.0.